The zero-order chi connectivity index (χ0) is 10.4. The van der Waals surface area contributed by atoms with Crippen molar-refractivity contribution in [2.75, 3.05) is 5.75 Å². The Morgan fingerprint density at radius 1 is 1.71 bits per heavy atom. The van der Waals surface area contributed by atoms with E-state index in [1.807, 2.05) is 0 Å². The van der Waals surface area contributed by atoms with Crippen LogP contribution in [0, 0.1) is 0 Å². The first-order valence-corrected chi connectivity index (χ1v) is 5.04. The summed E-state index contributed by atoms with van der Waals surface area (Å²) in [6.45, 7) is 0. The molecule has 3 N–H and O–H groups in total. The molecule has 7 nitrogen and oxygen atoms in total. The maximum Gasteiger partial charge on any atom is 0.209 e. The van der Waals surface area contributed by atoms with Crippen LogP contribution in [0.1, 0.15) is 12.8 Å². The smallest absolute Gasteiger partial charge is 0.209 e. The number of hydrogen-bond acceptors (Lipinski definition) is 6. The molecule has 0 atom stereocenters. The topological polar surface area (TPSA) is 102 Å². The number of hydrogen-bond donors (Lipinski definition) is 2. The van der Waals surface area contributed by atoms with E-state index in [0.29, 0.717) is 6.42 Å². The number of aryl methyl sites for hydroxylation is 1. The molecule has 0 spiro atoms. The fraction of sp³-hybridized carbons (Fsp3) is 0.667. The molecule has 14 heavy (non-hydrogen) atoms. The molecule has 0 saturated heterocycles. The van der Waals surface area contributed by atoms with Gasteiger partial charge in [-0.15, -0.1) is 5.10 Å². The summed E-state index contributed by atoms with van der Waals surface area (Å²) in [5, 5.41) is 22.9. The third-order valence-corrected chi connectivity index (χ3v) is 2.61. The first-order chi connectivity index (χ1) is 6.74. The van der Waals surface area contributed by atoms with Crippen molar-refractivity contribution in [2.45, 2.75) is 18.0 Å². The summed E-state index contributed by atoms with van der Waals surface area (Å²) in [7, 11) is 1.78. The van der Waals surface area contributed by atoms with Crippen molar-refractivity contribution in [3.8, 4) is 0 Å². The number of thioether (sulfide) groups is 1. The van der Waals surface area contributed by atoms with Crippen molar-refractivity contribution in [2.24, 2.45) is 17.9 Å². The Balaban J connectivity index is 2.20. The third-order valence-electron chi connectivity index (χ3n) is 1.52. The monoisotopic (exact) mass is 216 g/mol. The van der Waals surface area contributed by atoms with Gasteiger partial charge in [0, 0.05) is 19.2 Å². The van der Waals surface area contributed by atoms with Crippen LogP contribution in [0.3, 0.4) is 0 Å². The standard InChI is InChI=1S/C6H12N6OS/c1-12-6(8-10-11-12)14-4-2-3-5(7)9-13/h13H,2-4H2,1H3,(H2,7,9). The van der Waals surface area contributed by atoms with E-state index in [1.165, 1.54) is 0 Å². The van der Waals surface area contributed by atoms with Crippen molar-refractivity contribution >= 4 is 17.6 Å². The lowest BCUT2D eigenvalue weighted by molar-refractivity contribution is 0.317. The Labute approximate surface area is 85.3 Å². The van der Waals surface area contributed by atoms with E-state index in [1.54, 1.807) is 23.5 Å². The largest absolute Gasteiger partial charge is 0.409 e. The number of aromatic nitrogens is 4. The van der Waals surface area contributed by atoms with Gasteiger partial charge in [-0.1, -0.05) is 16.9 Å². The zero-order valence-electron chi connectivity index (χ0n) is 7.79. The average Bonchev–Trinajstić information content (AvgIpc) is 2.58. The van der Waals surface area contributed by atoms with Crippen molar-refractivity contribution in [3.63, 3.8) is 0 Å². The SMILES string of the molecule is Cn1nnnc1SCCC/C(N)=N/O. The highest BCUT2D eigenvalue weighted by Crippen LogP contribution is 2.13. The highest BCUT2D eigenvalue weighted by atomic mass is 32.2. The fourth-order valence-corrected chi connectivity index (χ4v) is 1.60. The highest BCUT2D eigenvalue weighted by molar-refractivity contribution is 7.99. The van der Waals surface area contributed by atoms with Crippen molar-refractivity contribution in [1.29, 1.82) is 0 Å². The molecule has 0 radical (unpaired) electrons. The van der Waals surface area contributed by atoms with Gasteiger partial charge in [0.05, 0.1) is 0 Å². The summed E-state index contributed by atoms with van der Waals surface area (Å²) in [6.07, 6.45) is 1.40. The molecule has 0 aromatic carbocycles. The molecule has 0 fully saturated rings. The van der Waals surface area contributed by atoms with E-state index in [-0.39, 0.29) is 5.84 Å². The Hall–Kier alpha value is -1.31. The Kier molecular flexibility index (Phi) is 4.17. The van der Waals surface area contributed by atoms with E-state index < -0.39 is 0 Å². The Morgan fingerprint density at radius 3 is 3.07 bits per heavy atom. The van der Waals surface area contributed by atoms with Gasteiger partial charge >= 0.3 is 0 Å². The second-order valence-corrected chi connectivity index (χ2v) is 3.69. The summed E-state index contributed by atoms with van der Waals surface area (Å²) in [4.78, 5) is 0. The van der Waals surface area contributed by atoms with Crippen LogP contribution in [0.4, 0.5) is 0 Å². The predicted octanol–water partition coefficient (Wildman–Crippen LogP) is -0.171. The quantitative estimate of drug-likeness (QED) is 0.177. The molecule has 1 heterocycles. The van der Waals surface area contributed by atoms with Gasteiger partial charge in [-0.2, -0.15) is 0 Å². The van der Waals surface area contributed by atoms with Gasteiger partial charge in [-0.25, -0.2) is 4.68 Å². The van der Waals surface area contributed by atoms with Gasteiger partial charge in [-0.05, 0) is 16.8 Å². The average molecular weight is 216 g/mol. The molecular formula is C6H12N6OS. The van der Waals surface area contributed by atoms with E-state index >= 15 is 0 Å². The molecule has 0 aliphatic carbocycles. The van der Waals surface area contributed by atoms with Crippen LogP contribution in [0.5, 0.6) is 0 Å². The number of oxime groups is 1. The van der Waals surface area contributed by atoms with E-state index in [4.69, 9.17) is 10.9 Å². The molecule has 0 saturated carbocycles. The second-order valence-electron chi connectivity index (χ2n) is 2.63. The van der Waals surface area contributed by atoms with Crippen molar-refractivity contribution in [1.82, 2.24) is 20.2 Å². The summed E-state index contributed by atoms with van der Waals surface area (Å²) in [5.74, 6) is 1.09. The minimum atomic E-state index is 0.252. The minimum Gasteiger partial charge on any atom is -0.409 e. The predicted molar refractivity (Wildman–Crippen MR) is 52.2 cm³/mol. The van der Waals surface area contributed by atoms with Gasteiger partial charge < -0.3 is 10.9 Å². The van der Waals surface area contributed by atoms with E-state index in [9.17, 15) is 0 Å². The molecule has 1 aromatic heterocycles. The molecular weight excluding hydrogens is 204 g/mol. The van der Waals surface area contributed by atoms with Crippen LogP contribution in [-0.2, 0) is 7.05 Å². The number of nitrogens with two attached hydrogens (primary N) is 1. The maximum absolute atomic E-state index is 8.28. The van der Waals surface area contributed by atoms with Crippen LogP contribution >= 0.6 is 11.8 Å². The third kappa shape index (κ3) is 3.21. The molecule has 8 heteroatoms. The normalized spacial score (nSPS) is 11.9. The van der Waals surface area contributed by atoms with Crippen molar-refractivity contribution in [3.05, 3.63) is 0 Å². The number of nitrogens with zero attached hydrogens (tertiary/aromatic N) is 5. The Bertz CT molecular complexity index is 311. The maximum atomic E-state index is 8.28. The number of tetrazole rings is 1. The zero-order valence-corrected chi connectivity index (χ0v) is 8.61. The second kappa shape index (κ2) is 5.43. The van der Waals surface area contributed by atoms with Gasteiger partial charge in [0.25, 0.3) is 0 Å². The van der Waals surface area contributed by atoms with Crippen LogP contribution in [-0.4, -0.2) is 37.0 Å². The van der Waals surface area contributed by atoms with E-state index in [2.05, 4.69) is 20.7 Å². The summed E-state index contributed by atoms with van der Waals surface area (Å²) in [6, 6.07) is 0. The first-order valence-electron chi connectivity index (χ1n) is 4.05. The van der Waals surface area contributed by atoms with E-state index in [0.717, 1.165) is 17.3 Å². The van der Waals surface area contributed by atoms with Crippen LogP contribution in [0.15, 0.2) is 10.3 Å². The van der Waals surface area contributed by atoms with Crippen LogP contribution < -0.4 is 5.73 Å². The fourth-order valence-electron chi connectivity index (χ4n) is 0.810. The first kappa shape index (κ1) is 10.8. The highest BCUT2D eigenvalue weighted by Gasteiger charge is 2.02. The molecule has 0 bridgehead atoms. The lowest BCUT2D eigenvalue weighted by Gasteiger charge is -1.98. The summed E-state index contributed by atoms with van der Waals surface area (Å²) >= 11 is 1.54. The van der Waals surface area contributed by atoms with Gasteiger partial charge in [0.15, 0.2) is 0 Å². The minimum absolute atomic E-state index is 0.252. The summed E-state index contributed by atoms with van der Waals surface area (Å²) < 4.78 is 1.61. The molecule has 1 aromatic rings. The Morgan fingerprint density at radius 2 is 2.50 bits per heavy atom. The number of amidine groups is 1. The summed E-state index contributed by atoms with van der Waals surface area (Å²) in [5.41, 5.74) is 5.31. The molecule has 78 valence electrons. The van der Waals surface area contributed by atoms with Gasteiger partial charge in [-0.3, -0.25) is 0 Å². The molecule has 1 rings (SSSR count). The molecule has 0 amide bonds. The van der Waals surface area contributed by atoms with Crippen LogP contribution in [0.2, 0.25) is 0 Å². The molecule has 0 aliphatic rings. The lowest BCUT2D eigenvalue weighted by atomic mass is 10.3. The lowest BCUT2D eigenvalue weighted by Crippen LogP contribution is -2.11. The van der Waals surface area contributed by atoms with Gasteiger partial charge in [0.2, 0.25) is 5.16 Å². The van der Waals surface area contributed by atoms with Crippen molar-refractivity contribution < 1.29 is 5.21 Å². The number of rotatable bonds is 5. The molecule has 0 aliphatic heterocycles. The van der Waals surface area contributed by atoms with Gasteiger partial charge in [0.1, 0.15) is 5.84 Å². The molecule has 0 unspecified atom stereocenters. The van der Waals surface area contributed by atoms with Crippen LogP contribution in [0.25, 0.3) is 0 Å².